The van der Waals surface area contributed by atoms with E-state index in [4.69, 9.17) is 4.74 Å². The van der Waals surface area contributed by atoms with Crippen LogP contribution in [0.4, 0.5) is 9.39 Å². The van der Waals surface area contributed by atoms with Crippen LogP contribution in [0.2, 0.25) is 0 Å². The van der Waals surface area contributed by atoms with E-state index in [-0.39, 0.29) is 16.1 Å². The number of hydrogen-bond donors (Lipinski definition) is 1. The molecule has 5 nitrogen and oxygen atoms in total. The lowest BCUT2D eigenvalue weighted by Gasteiger charge is -2.30. The molecule has 0 spiro atoms. The van der Waals surface area contributed by atoms with E-state index in [0.29, 0.717) is 18.6 Å². The Morgan fingerprint density at radius 1 is 1.29 bits per heavy atom. The maximum atomic E-state index is 12.9. The zero-order chi connectivity index (χ0) is 17.5. The molecule has 0 fully saturated rings. The molecule has 24 heavy (non-hydrogen) atoms. The van der Waals surface area contributed by atoms with E-state index in [2.05, 4.69) is 5.32 Å². The van der Waals surface area contributed by atoms with Crippen molar-refractivity contribution >= 4 is 28.2 Å². The molecule has 1 N–H and O–H groups in total. The standard InChI is InChI=1S/C17H16FNO4S/c1-17(2)7-11-12(8-23-17)24-15(13(11)16(21)22)19-14(20)9-3-5-10(18)6-4-9/h3-6H,7-8H2,1-2H3,(H,19,20)(H,21,22)/p-1. The van der Waals surface area contributed by atoms with Crippen molar-refractivity contribution in [2.45, 2.75) is 32.5 Å². The van der Waals surface area contributed by atoms with Crippen LogP contribution in [-0.4, -0.2) is 17.5 Å². The number of nitrogens with one attached hydrogen (secondary N) is 1. The third kappa shape index (κ3) is 3.18. The highest BCUT2D eigenvalue weighted by Gasteiger charge is 2.31. The highest BCUT2D eigenvalue weighted by Crippen LogP contribution is 2.40. The van der Waals surface area contributed by atoms with Crippen LogP contribution < -0.4 is 10.4 Å². The molecule has 126 valence electrons. The van der Waals surface area contributed by atoms with Gasteiger partial charge in [-0.3, -0.25) is 4.79 Å². The first kappa shape index (κ1) is 16.6. The number of carbonyl (C=O) groups excluding carboxylic acids is 2. The second-order valence-corrected chi connectivity index (χ2v) is 7.29. The van der Waals surface area contributed by atoms with Crippen LogP contribution >= 0.6 is 11.3 Å². The summed E-state index contributed by atoms with van der Waals surface area (Å²) in [5.74, 6) is -2.29. The molecule has 1 aliphatic heterocycles. The molecule has 0 saturated carbocycles. The number of halogens is 1. The molecule has 7 heteroatoms. The van der Waals surface area contributed by atoms with Crippen LogP contribution in [0, 0.1) is 5.82 Å². The Morgan fingerprint density at radius 3 is 2.58 bits per heavy atom. The van der Waals surface area contributed by atoms with Crippen LogP contribution in [-0.2, 0) is 17.8 Å². The van der Waals surface area contributed by atoms with Gasteiger partial charge in [0.1, 0.15) is 10.8 Å². The number of carbonyl (C=O) groups is 2. The summed E-state index contributed by atoms with van der Waals surface area (Å²) >= 11 is 1.17. The van der Waals surface area contributed by atoms with Gasteiger partial charge in [-0.1, -0.05) is 0 Å². The van der Waals surface area contributed by atoms with Gasteiger partial charge in [0.25, 0.3) is 5.91 Å². The number of amides is 1. The Hall–Kier alpha value is -2.25. The van der Waals surface area contributed by atoms with Crippen molar-refractivity contribution in [2.75, 3.05) is 5.32 Å². The van der Waals surface area contributed by atoms with Crippen LogP contribution in [0.15, 0.2) is 24.3 Å². The Bertz CT molecular complexity index is 811. The predicted octanol–water partition coefficient (Wildman–Crippen LogP) is 2.35. The number of benzene rings is 1. The van der Waals surface area contributed by atoms with E-state index in [1.54, 1.807) is 0 Å². The van der Waals surface area contributed by atoms with E-state index in [1.165, 1.54) is 35.6 Å². The largest absolute Gasteiger partial charge is 0.545 e. The van der Waals surface area contributed by atoms with Gasteiger partial charge in [0, 0.05) is 22.4 Å². The van der Waals surface area contributed by atoms with Crippen molar-refractivity contribution in [1.82, 2.24) is 0 Å². The lowest BCUT2D eigenvalue weighted by molar-refractivity contribution is -0.255. The second kappa shape index (κ2) is 5.99. The SMILES string of the molecule is CC1(C)Cc2c(sc(NC(=O)c3ccc(F)cc3)c2C(=O)[O-])CO1. The Balaban J connectivity index is 1.94. The van der Waals surface area contributed by atoms with Gasteiger partial charge in [0.2, 0.25) is 0 Å². The number of aromatic carboxylic acids is 1. The molecule has 2 aromatic rings. The van der Waals surface area contributed by atoms with Crippen LogP contribution in [0.25, 0.3) is 0 Å². The molecule has 1 aliphatic rings. The Labute approximate surface area is 142 Å². The molecular weight excluding hydrogens is 333 g/mol. The zero-order valence-corrected chi connectivity index (χ0v) is 14.0. The smallest absolute Gasteiger partial charge is 0.256 e. The number of hydrogen-bond acceptors (Lipinski definition) is 5. The van der Waals surface area contributed by atoms with Crippen molar-refractivity contribution in [1.29, 1.82) is 0 Å². The summed E-state index contributed by atoms with van der Waals surface area (Å²) in [5, 5.41) is 14.4. The third-order valence-corrected chi connectivity index (χ3v) is 4.95. The highest BCUT2D eigenvalue weighted by molar-refractivity contribution is 7.17. The van der Waals surface area contributed by atoms with Gasteiger partial charge in [-0.2, -0.15) is 0 Å². The maximum absolute atomic E-state index is 12.9. The Morgan fingerprint density at radius 2 is 1.96 bits per heavy atom. The molecule has 1 aromatic heterocycles. The second-order valence-electron chi connectivity index (χ2n) is 6.18. The monoisotopic (exact) mass is 348 g/mol. The summed E-state index contributed by atoms with van der Waals surface area (Å²) < 4.78 is 18.6. The average Bonchev–Trinajstić information content (AvgIpc) is 2.83. The van der Waals surface area contributed by atoms with Gasteiger partial charge in [-0.15, -0.1) is 11.3 Å². The fourth-order valence-electron chi connectivity index (χ4n) is 2.63. The summed E-state index contributed by atoms with van der Waals surface area (Å²) in [4.78, 5) is 24.6. The molecule has 0 atom stereocenters. The van der Waals surface area contributed by atoms with Crippen molar-refractivity contribution < 1.29 is 23.8 Å². The van der Waals surface area contributed by atoms with Crippen LogP contribution in [0.5, 0.6) is 0 Å². The minimum atomic E-state index is -1.33. The number of thiophene rings is 1. The summed E-state index contributed by atoms with van der Waals surface area (Å²) in [6.45, 7) is 4.05. The fraction of sp³-hybridized carbons (Fsp3) is 0.294. The van der Waals surface area contributed by atoms with E-state index >= 15 is 0 Å². The summed E-state index contributed by atoms with van der Waals surface area (Å²) in [6, 6.07) is 5.01. The van der Waals surface area contributed by atoms with E-state index in [9.17, 15) is 19.1 Å². The molecule has 0 bridgehead atoms. The first-order valence-corrected chi connectivity index (χ1v) is 8.15. The van der Waals surface area contributed by atoms with E-state index in [0.717, 1.165) is 4.88 Å². The lowest BCUT2D eigenvalue weighted by Crippen LogP contribution is -2.33. The van der Waals surface area contributed by atoms with Gasteiger partial charge < -0.3 is 20.0 Å². The Kier molecular flexibility index (Phi) is 4.15. The van der Waals surface area contributed by atoms with E-state index in [1.807, 2.05) is 13.8 Å². The number of fused-ring (bicyclic) bond motifs is 1. The molecule has 0 aliphatic carbocycles. The quantitative estimate of drug-likeness (QED) is 0.923. The van der Waals surface area contributed by atoms with Crippen molar-refractivity contribution in [3.8, 4) is 0 Å². The first-order valence-electron chi connectivity index (χ1n) is 7.33. The molecular formula is C17H15FNO4S-. The number of carboxylic acids is 1. The number of rotatable bonds is 3. The minimum absolute atomic E-state index is 0.00170. The molecule has 1 aromatic carbocycles. The van der Waals surface area contributed by atoms with Crippen molar-refractivity contribution in [3.05, 3.63) is 51.7 Å². The third-order valence-electron chi connectivity index (χ3n) is 3.82. The van der Waals surface area contributed by atoms with Crippen molar-refractivity contribution in [2.24, 2.45) is 0 Å². The van der Waals surface area contributed by atoms with Crippen LogP contribution in [0.1, 0.15) is 45.0 Å². The molecule has 1 amide bonds. The number of carboxylic acid groups (broad SMARTS) is 1. The topological polar surface area (TPSA) is 78.5 Å². The first-order chi connectivity index (χ1) is 11.3. The van der Waals surface area contributed by atoms with Gasteiger partial charge in [0.15, 0.2) is 0 Å². The maximum Gasteiger partial charge on any atom is 0.256 e. The highest BCUT2D eigenvalue weighted by atomic mass is 32.1. The molecule has 2 heterocycles. The van der Waals surface area contributed by atoms with Crippen LogP contribution in [0.3, 0.4) is 0 Å². The lowest BCUT2D eigenvalue weighted by atomic mass is 9.93. The van der Waals surface area contributed by atoms with Crippen molar-refractivity contribution in [3.63, 3.8) is 0 Å². The van der Waals surface area contributed by atoms with Gasteiger partial charge in [0.05, 0.1) is 18.2 Å². The molecule has 0 saturated heterocycles. The fourth-order valence-corrected chi connectivity index (χ4v) is 3.75. The molecule has 0 radical (unpaired) electrons. The number of ether oxygens (including phenoxy) is 1. The van der Waals surface area contributed by atoms with Gasteiger partial charge >= 0.3 is 0 Å². The number of anilines is 1. The minimum Gasteiger partial charge on any atom is -0.545 e. The average molecular weight is 348 g/mol. The summed E-state index contributed by atoms with van der Waals surface area (Å²) in [7, 11) is 0. The van der Waals surface area contributed by atoms with E-state index < -0.39 is 23.3 Å². The zero-order valence-electron chi connectivity index (χ0n) is 13.1. The summed E-state index contributed by atoms with van der Waals surface area (Å²) in [6.07, 6.45) is 0.425. The normalized spacial score (nSPS) is 15.6. The van der Waals surface area contributed by atoms with Gasteiger partial charge in [-0.05, 0) is 43.7 Å². The van der Waals surface area contributed by atoms with Gasteiger partial charge in [-0.25, -0.2) is 4.39 Å². The predicted molar refractivity (Wildman–Crippen MR) is 85.6 cm³/mol. The molecule has 0 unspecified atom stereocenters. The molecule has 3 rings (SSSR count). The summed E-state index contributed by atoms with van der Waals surface area (Å²) in [5.41, 5.74) is 0.410.